The molecule has 1 aromatic carbocycles. The second-order valence-electron chi connectivity index (χ2n) is 16.7. The molecule has 3 aromatic heterocycles. The quantitative estimate of drug-likeness (QED) is 0.172. The van der Waals surface area contributed by atoms with Crippen LogP contribution in [0.5, 0.6) is 0 Å². The number of hydrazine groups is 1. The number of fused-ring (bicyclic) bond motifs is 6. The number of hydrogen-bond donors (Lipinski definition) is 2. The predicted octanol–water partition coefficient (Wildman–Crippen LogP) is 6.98. The summed E-state index contributed by atoms with van der Waals surface area (Å²) in [5.41, 5.74) is 9.05. The van der Waals surface area contributed by atoms with Gasteiger partial charge in [0.05, 0.1) is 36.4 Å². The molecule has 14 heteroatoms. The lowest BCUT2D eigenvalue weighted by Crippen LogP contribution is -2.61. The van der Waals surface area contributed by atoms with Crippen LogP contribution in [0.4, 0.5) is 4.39 Å². The van der Waals surface area contributed by atoms with Crippen LogP contribution in [0.3, 0.4) is 0 Å². The molecule has 1 saturated carbocycles. The third-order valence-electron chi connectivity index (χ3n) is 11.9. The Morgan fingerprint density at radius 1 is 1.19 bits per heavy atom. The van der Waals surface area contributed by atoms with Crippen molar-refractivity contribution >= 4 is 40.0 Å². The number of carbonyl (C=O) groups is 3. The lowest BCUT2D eigenvalue weighted by Gasteiger charge is -2.37. The van der Waals surface area contributed by atoms with E-state index in [1.165, 1.54) is 23.3 Å². The van der Waals surface area contributed by atoms with Gasteiger partial charge in [0.2, 0.25) is 5.91 Å². The Morgan fingerprint density at radius 2 is 1.96 bits per heavy atom. The molecule has 2 amide bonds. The number of benzene rings is 1. The molecular formula is C43H55FN6O6S. The van der Waals surface area contributed by atoms with Gasteiger partial charge in [0.25, 0.3) is 5.91 Å². The van der Waals surface area contributed by atoms with Crippen molar-refractivity contribution in [3.63, 3.8) is 0 Å². The summed E-state index contributed by atoms with van der Waals surface area (Å²) in [5, 5.41) is 7.74. The predicted molar refractivity (Wildman–Crippen MR) is 217 cm³/mol. The van der Waals surface area contributed by atoms with E-state index in [4.69, 9.17) is 24.2 Å². The lowest BCUT2D eigenvalue weighted by molar-refractivity contribution is -0.157. The van der Waals surface area contributed by atoms with Gasteiger partial charge in [-0.05, 0) is 81.7 Å². The van der Waals surface area contributed by atoms with E-state index in [-0.39, 0.29) is 43.0 Å². The topological polar surface area (TPSA) is 137 Å². The molecule has 7 rings (SSSR count). The minimum Gasteiger partial charge on any atom is -0.464 e. The molecule has 1 unspecified atom stereocenters. The minimum absolute atomic E-state index is 0.132. The average Bonchev–Trinajstić information content (AvgIpc) is 3.49. The first kappa shape index (κ1) is 40.9. The van der Waals surface area contributed by atoms with Gasteiger partial charge in [-0.25, -0.2) is 14.8 Å². The van der Waals surface area contributed by atoms with E-state index < -0.39 is 41.7 Å². The summed E-state index contributed by atoms with van der Waals surface area (Å²) in [5.74, 6) is -1.18. The SMILES string of the molecule is CCn1c(-c2cccnc2[C@H](C)OC)c2c3cc(ccc31)-c1csc(n1)[C@@H](OC[C@H](C)F)[C@H](NC(=O)C1[C@@H](C)[C@H]1C)C(=O)N1CCC[C@H](N1)C(=O)OCC(C)(C)C2. The van der Waals surface area contributed by atoms with Crippen molar-refractivity contribution in [2.24, 2.45) is 23.2 Å². The van der Waals surface area contributed by atoms with Crippen LogP contribution in [0.1, 0.15) is 89.8 Å². The maximum atomic E-state index is 14.6. The molecule has 6 bridgehead atoms. The highest BCUT2D eigenvalue weighted by Crippen LogP contribution is 2.46. The molecular weight excluding hydrogens is 748 g/mol. The van der Waals surface area contributed by atoms with Crippen molar-refractivity contribution in [1.29, 1.82) is 0 Å². The minimum atomic E-state index is -1.34. The molecule has 0 radical (unpaired) electrons. The Bertz CT molecular complexity index is 2130. The van der Waals surface area contributed by atoms with E-state index in [1.54, 1.807) is 13.3 Å². The van der Waals surface area contributed by atoms with Crippen LogP contribution in [0.2, 0.25) is 0 Å². The number of pyridine rings is 1. The Kier molecular flexibility index (Phi) is 11.9. The second-order valence-corrected chi connectivity index (χ2v) is 17.6. The average molecular weight is 803 g/mol. The zero-order valence-corrected chi connectivity index (χ0v) is 35.0. The summed E-state index contributed by atoms with van der Waals surface area (Å²) < 4.78 is 34.9. The summed E-state index contributed by atoms with van der Waals surface area (Å²) >= 11 is 1.30. The molecule has 1 aliphatic carbocycles. The smallest absolute Gasteiger partial charge is 0.324 e. The van der Waals surface area contributed by atoms with Crippen molar-refractivity contribution in [1.82, 2.24) is 30.3 Å². The molecule has 5 heterocycles. The fourth-order valence-electron chi connectivity index (χ4n) is 8.39. The summed E-state index contributed by atoms with van der Waals surface area (Å²) in [4.78, 5) is 51.9. The van der Waals surface area contributed by atoms with Gasteiger partial charge < -0.3 is 24.1 Å². The standard InChI is InChI=1S/C43H55FN6O6S/c1-9-49-33-15-14-27-18-29(33)30(37(49)28-12-10-16-45-35(28)26(5)54-8)19-43(6,7)22-56-42(53)31-13-11-17-50(48-31)41(52)36(47-39(51)34-24(3)25(34)4)38(55-20-23(2)44)40-46-32(27)21-57-40/h10,12,14-16,18,21,23-26,31,34,36,38,48H,9,11,13,17,19-20,22H2,1-8H3,(H,47,51)/t23-,24-,25+,26-,31-,34?,36-,38-/m0/s1. The second kappa shape index (κ2) is 16.6. The zero-order chi connectivity index (χ0) is 40.8. The number of halogens is 1. The van der Waals surface area contributed by atoms with E-state index in [0.717, 1.165) is 39.0 Å². The fourth-order valence-corrected chi connectivity index (χ4v) is 9.30. The first-order chi connectivity index (χ1) is 27.2. The molecule has 12 nitrogen and oxygen atoms in total. The Hall–Kier alpha value is -4.24. The first-order valence-electron chi connectivity index (χ1n) is 20.1. The van der Waals surface area contributed by atoms with Crippen LogP contribution in [0.15, 0.2) is 41.9 Å². The maximum absolute atomic E-state index is 14.6. The van der Waals surface area contributed by atoms with Crippen molar-refractivity contribution in [3.05, 3.63) is 58.2 Å². The largest absolute Gasteiger partial charge is 0.464 e. The first-order valence-corrected chi connectivity index (χ1v) is 21.0. The van der Waals surface area contributed by atoms with Crippen LogP contribution in [0.25, 0.3) is 33.4 Å². The number of ether oxygens (including phenoxy) is 3. The number of methoxy groups -OCH3 is 1. The number of hydrogen-bond acceptors (Lipinski definition) is 10. The number of amides is 2. The normalized spacial score (nSPS) is 26.1. The fraction of sp³-hybridized carbons (Fsp3) is 0.558. The Morgan fingerprint density at radius 3 is 2.67 bits per heavy atom. The molecule has 0 spiro atoms. The van der Waals surface area contributed by atoms with Crippen LogP contribution in [-0.4, -0.2) is 82.5 Å². The molecule has 8 atom stereocenters. The van der Waals surface area contributed by atoms with Crippen LogP contribution < -0.4 is 10.7 Å². The highest BCUT2D eigenvalue weighted by molar-refractivity contribution is 7.10. The van der Waals surface area contributed by atoms with Crippen molar-refractivity contribution in [3.8, 4) is 22.5 Å². The molecule has 1 saturated heterocycles. The third kappa shape index (κ3) is 8.23. The Balaban J connectivity index is 1.40. The van der Waals surface area contributed by atoms with Crippen molar-refractivity contribution in [2.45, 2.75) is 105 Å². The van der Waals surface area contributed by atoms with Gasteiger partial charge in [-0.1, -0.05) is 33.8 Å². The van der Waals surface area contributed by atoms with E-state index in [0.29, 0.717) is 43.1 Å². The van der Waals surface area contributed by atoms with Crippen molar-refractivity contribution < 1.29 is 33.0 Å². The van der Waals surface area contributed by atoms with Gasteiger partial charge in [-0.15, -0.1) is 11.3 Å². The number of esters is 1. The number of rotatable bonds is 9. The van der Waals surface area contributed by atoms with Gasteiger partial charge in [-0.3, -0.25) is 24.4 Å². The van der Waals surface area contributed by atoms with Crippen molar-refractivity contribution in [2.75, 3.05) is 26.9 Å². The summed E-state index contributed by atoms with van der Waals surface area (Å²) in [6.07, 6.45) is 0.644. The highest BCUT2D eigenvalue weighted by Gasteiger charge is 2.50. The molecule has 306 valence electrons. The lowest BCUT2D eigenvalue weighted by atomic mass is 9.84. The number of aryl methyl sites for hydroxylation is 1. The number of nitrogens with zero attached hydrogens (tertiary/aromatic N) is 4. The van der Waals surface area contributed by atoms with Gasteiger partial charge in [-0.2, -0.15) is 0 Å². The van der Waals surface area contributed by atoms with Gasteiger partial charge >= 0.3 is 5.97 Å². The van der Waals surface area contributed by atoms with E-state index >= 15 is 0 Å². The molecule has 3 aliphatic rings. The Labute approximate surface area is 337 Å². The number of thiazole rings is 1. The number of alkyl halides is 1. The van der Waals surface area contributed by atoms with Crippen LogP contribution in [-0.2, 0) is 41.6 Å². The molecule has 2 aliphatic heterocycles. The number of cyclic esters (lactones) is 1. The highest BCUT2D eigenvalue weighted by atomic mass is 32.1. The van der Waals surface area contributed by atoms with Crippen LogP contribution >= 0.6 is 11.3 Å². The summed E-state index contributed by atoms with van der Waals surface area (Å²) in [7, 11) is 1.68. The van der Waals surface area contributed by atoms with Gasteiger partial charge in [0, 0.05) is 65.1 Å². The molecule has 2 fully saturated rings. The van der Waals surface area contributed by atoms with Crippen LogP contribution in [0, 0.1) is 23.2 Å². The molecule has 4 aromatic rings. The maximum Gasteiger partial charge on any atom is 0.324 e. The van der Waals surface area contributed by atoms with E-state index in [9.17, 15) is 18.8 Å². The third-order valence-corrected chi connectivity index (χ3v) is 12.8. The summed E-state index contributed by atoms with van der Waals surface area (Å²) in [6, 6.07) is 8.27. The van der Waals surface area contributed by atoms with Gasteiger partial charge in [0.15, 0.2) is 0 Å². The summed E-state index contributed by atoms with van der Waals surface area (Å²) in [6.45, 7) is 14.5. The number of nitrogens with one attached hydrogen (secondary N) is 2. The number of carbonyl (C=O) groups excluding carboxylic acids is 3. The van der Waals surface area contributed by atoms with E-state index in [2.05, 4.69) is 54.3 Å². The van der Waals surface area contributed by atoms with Gasteiger partial charge in [0.1, 0.15) is 29.4 Å². The zero-order valence-electron chi connectivity index (χ0n) is 34.1. The van der Waals surface area contributed by atoms with E-state index in [1.807, 2.05) is 38.3 Å². The molecule has 57 heavy (non-hydrogen) atoms. The molecule has 2 N–H and O–H groups in total. The number of aromatic nitrogens is 3. The monoisotopic (exact) mass is 802 g/mol.